The minimum Gasteiger partial charge on any atom is -0.383 e. The Morgan fingerprint density at radius 1 is 1.50 bits per heavy atom. The van der Waals surface area contributed by atoms with Crippen molar-refractivity contribution in [3.63, 3.8) is 0 Å². The topological polar surface area (TPSA) is 38.5 Å². The van der Waals surface area contributed by atoms with Crippen molar-refractivity contribution < 1.29 is 4.74 Å². The lowest BCUT2D eigenvalue weighted by Gasteiger charge is -2.36. The van der Waals surface area contributed by atoms with Gasteiger partial charge in [-0.05, 0) is 25.3 Å². The number of methoxy groups -OCH3 is 1. The molecule has 1 unspecified atom stereocenters. The molecular formula is C11H24N2O. The summed E-state index contributed by atoms with van der Waals surface area (Å²) in [6.07, 6.45) is 4.22. The molecule has 0 aromatic rings. The maximum absolute atomic E-state index is 5.75. The smallest absolute Gasteiger partial charge is 0.0630 e. The maximum atomic E-state index is 5.75. The highest BCUT2D eigenvalue weighted by Crippen LogP contribution is 2.27. The number of nitrogens with zero attached hydrogens (tertiary/aromatic N) is 1. The van der Waals surface area contributed by atoms with Crippen LogP contribution in [0.4, 0.5) is 0 Å². The molecule has 0 amide bonds. The van der Waals surface area contributed by atoms with Gasteiger partial charge in [0.2, 0.25) is 0 Å². The summed E-state index contributed by atoms with van der Waals surface area (Å²) < 4.78 is 5.19. The molecule has 0 bridgehead atoms. The summed E-state index contributed by atoms with van der Waals surface area (Å²) in [6, 6.07) is 0.408. The van der Waals surface area contributed by atoms with E-state index in [1.54, 1.807) is 7.11 Å². The molecule has 1 rings (SSSR count). The van der Waals surface area contributed by atoms with Crippen LogP contribution in [0.25, 0.3) is 0 Å². The predicted molar refractivity (Wildman–Crippen MR) is 59.3 cm³/mol. The van der Waals surface area contributed by atoms with Gasteiger partial charge in [-0.3, -0.25) is 4.90 Å². The third kappa shape index (κ3) is 3.23. The van der Waals surface area contributed by atoms with Crippen LogP contribution in [0.1, 0.15) is 26.2 Å². The van der Waals surface area contributed by atoms with Crippen LogP contribution in [-0.2, 0) is 4.74 Å². The summed E-state index contributed by atoms with van der Waals surface area (Å²) in [5.41, 5.74) is 5.75. The number of hydrogen-bond donors (Lipinski definition) is 1. The zero-order valence-electron chi connectivity index (χ0n) is 9.54. The first-order valence-electron chi connectivity index (χ1n) is 5.74. The Morgan fingerprint density at radius 2 is 2.21 bits per heavy atom. The molecule has 3 heteroatoms. The van der Waals surface area contributed by atoms with Gasteiger partial charge in [0, 0.05) is 26.2 Å². The van der Waals surface area contributed by atoms with E-state index < -0.39 is 0 Å². The molecule has 14 heavy (non-hydrogen) atoms. The van der Waals surface area contributed by atoms with Gasteiger partial charge in [-0.2, -0.15) is 0 Å². The highest BCUT2D eigenvalue weighted by atomic mass is 16.5. The lowest BCUT2D eigenvalue weighted by atomic mass is 9.85. The monoisotopic (exact) mass is 200 g/mol. The number of rotatable bonds is 7. The van der Waals surface area contributed by atoms with Crippen molar-refractivity contribution in [2.45, 2.75) is 32.2 Å². The first kappa shape index (κ1) is 12.0. The first-order chi connectivity index (χ1) is 6.81. The van der Waals surface area contributed by atoms with Gasteiger partial charge in [0.05, 0.1) is 6.61 Å². The average Bonchev–Trinajstić information content (AvgIpc) is 2.14. The van der Waals surface area contributed by atoms with Crippen molar-refractivity contribution in [1.29, 1.82) is 0 Å². The van der Waals surface area contributed by atoms with E-state index in [2.05, 4.69) is 11.8 Å². The summed E-state index contributed by atoms with van der Waals surface area (Å²) in [4.78, 5) is 2.47. The van der Waals surface area contributed by atoms with Crippen LogP contribution in [-0.4, -0.2) is 44.3 Å². The normalized spacial score (nSPS) is 19.7. The Balaban J connectivity index is 2.32. The van der Waals surface area contributed by atoms with E-state index in [0.29, 0.717) is 12.6 Å². The number of nitrogens with two attached hydrogens (primary N) is 1. The molecule has 1 saturated carbocycles. The lowest BCUT2D eigenvalue weighted by molar-refractivity contribution is 0.0744. The van der Waals surface area contributed by atoms with Gasteiger partial charge >= 0.3 is 0 Å². The van der Waals surface area contributed by atoms with Crippen molar-refractivity contribution in [2.75, 3.05) is 33.4 Å². The zero-order valence-corrected chi connectivity index (χ0v) is 9.54. The molecule has 0 spiro atoms. The molecule has 0 aromatic carbocycles. The van der Waals surface area contributed by atoms with E-state index >= 15 is 0 Å². The molecule has 84 valence electrons. The Kier molecular flexibility index (Phi) is 5.45. The molecule has 0 saturated heterocycles. The van der Waals surface area contributed by atoms with Crippen LogP contribution >= 0.6 is 0 Å². The molecule has 3 nitrogen and oxygen atoms in total. The van der Waals surface area contributed by atoms with Gasteiger partial charge in [-0.15, -0.1) is 0 Å². The van der Waals surface area contributed by atoms with Crippen LogP contribution in [0, 0.1) is 5.92 Å². The first-order valence-corrected chi connectivity index (χ1v) is 5.74. The highest BCUT2D eigenvalue weighted by molar-refractivity contribution is 4.78. The van der Waals surface area contributed by atoms with Crippen molar-refractivity contribution in [1.82, 2.24) is 4.90 Å². The lowest BCUT2D eigenvalue weighted by Crippen LogP contribution is -2.46. The van der Waals surface area contributed by atoms with Crippen molar-refractivity contribution in [3.8, 4) is 0 Å². The van der Waals surface area contributed by atoms with Gasteiger partial charge in [0.15, 0.2) is 0 Å². The molecule has 0 radical (unpaired) electrons. The molecule has 1 aliphatic rings. The quantitative estimate of drug-likeness (QED) is 0.668. The zero-order chi connectivity index (χ0) is 10.4. The highest BCUT2D eigenvalue weighted by Gasteiger charge is 2.23. The van der Waals surface area contributed by atoms with Gasteiger partial charge < -0.3 is 10.5 Å². The Hall–Kier alpha value is -0.120. The summed E-state index contributed by atoms with van der Waals surface area (Å²) in [5, 5.41) is 0. The fraction of sp³-hybridized carbons (Fsp3) is 1.00. The second-order valence-corrected chi connectivity index (χ2v) is 4.23. The van der Waals surface area contributed by atoms with Crippen LogP contribution in [0.3, 0.4) is 0 Å². The second-order valence-electron chi connectivity index (χ2n) is 4.23. The maximum Gasteiger partial charge on any atom is 0.0630 e. The second kappa shape index (κ2) is 6.38. The summed E-state index contributed by atoms with van der Waals surface area (Å²) >= 11 is 0. The van der Waals surface area contributed by atoms with Crippen molar-refractivity contribution in [2.24, 2.45) is 11.7 Å². The molecule has 1 aliphatic carbocycles. The molecule has 0 aliphatic heterocycles. The van der Waals surface area contributed by atoms with Gasteiger partial charge in [0.25, 0.3) is 0 Å². The summed E-state index contributed by atoms with van der Waals surface area (Å²) in [7, 11) is 1.75. The van der Waals surface area contributed by atoms with Crippen LogP contribution in [0.15, 0.2) is 0 Å². The Bertz CT molecular complexity index is 148. The predicted octanol–water partition coefficient (Wildman–Crippen LogP) is 1.08. The number of hydrogen-bond acceptors (Lipinski definition) is 3. The van der Waals surface area contributed by atoms with E-state index in [4.69, 9.17) is 10.5 Å². The van der Waals surface area contributed by atoms with E-state index in [1.807, 2.05) is 0 Å². The molecule has 0 heterocycles. The average molecular weight is 200 g/mol. The molecule has 2 N–H and O–H groups in total. The standard InChI is InChI=1S/C11H24N2O/c1-3-13(8-10-5-4-6-10)11(7-12)9-14-2/h10-11H,3-9,12H2,1-2H3. The van der Waals surface area contributed by atoms with E-state index in [9.17, 15) is 0 Å². The third-order valence-corrected chi connectivity index (χ3v) is 3.27. The van der Waals surface area contributed by atoms with E-state index in [1.165, 1.54) is 25.8 Å². The van der Waals surface area contributed by atoms with Crippen LogP contribution < -0.4 is 5.73 Å². The molecule has 1 atom stereocenters. The SMILES string of the molecule is CCN(CC1CCC1)C(CN)COC. The third-order valence-electron chi connectivity index (χ3n) is 3.27. The Morgan fingerprint density at radius 3 is 2.57 bits per heavy atom. The largest absolute Gasteiger partial charge is 0.383 e. The minimum absolute atomic E-state index is 0.408. The fourth-order valence-corrected chi connectivity index (χ4v) is 2.06. The fourth-order valence-electron chi connectivity index (χ4n) is 2.06. The van der Waals surface area contributed by atoms with Crippen molar-refractivity contribution in [3.05, 3.63) is 0 Å². The van der Waals surface area contributed by atoms with Gasteiger partial charge in [0.1, 0.15) is 0 Å². The van der Waals surface area contributed by atoms with E-state index in [-0.39, 0.29) is 0 Å². The van der Waals surface area contributed by atoms with Crippen LogP contribution in [0.2, 0.25) is 0 Å². The Labute approximate surface area is 87.6 Å². The van der Waals surface area contributed by atoms with Gasteiger partial charge in [-0.25, -0.2) is 0 Å². The summed E-state index contributed by atoms with van der Waals surface area (Å²) in [5.74, 6) is 0.917. The summed E-state index contributed by atoms with van der Waals surface area (Å²) in [6.45, 7) is 5.96. The molecular weight excluding hydrogens is 176 g/mol. The number of likely N-dealkylation sites (N-methyl/N-ethyl adjacent to an activating group) is 1. The van der Waals surface area contributed by atoms with Crippen LogP contribution in [0.5, 0.6) is 0 Å². The minimum atomic E-state index is 0.408. The molecule has 0 aromatic heterocycles. The van der Waals surface area contributed by atoms with Gasteiger partial charge in [-0.1, -0.05) is 13.3 Å². The molecule has 1 fully saturated rings. The van der Waals surface area contributed by atoms with Crippen molar-refractivity contribution >= 4 is 0 Å². The number of ether oxygens (including phenoxy) is 1. The van der Waals surface area contributed by atoms with E-state index in [0.717, 1.165) is 19.1 Å².